The first kappa shape index (κ1) is 15.0. The normalized spacial score (nSPS) is 10.5. The van der Waals surface area contributed by atoms with Crippen LogP contribution in [0.15, 0.2) is 12.3 Å². The van der Waals surface area contributed by atoms with Crippen molar-refractivity contribution in [2.45, 2.75) is 13.2 Å². The number of amides is 1. The molecule has 8 nitrogen and oxygen atoms in total. The van der Waals surface area contributed by atoms with Crippen molar-refractivity contribution in [3.8, 4) is 0 Å². The second-order valence-electron chi connectivity index (χ2n) is 3.70. The van der Waals surface area contributed by atoms with E-state index >= 15 is 0 Å². The van der Waals surface area contributed by atoms with E-state index in [2.05, 4.69) is 10.3 Å². The highest BCUT2D eigenvalue weighted by molar-refractivity contribution is 5.94. The average Bonchev–Trinajstić information content (AvgIpc) is 2.39. The maximum absolute atomic E-state index is 11.8. The van der Waals surface area contributed by atoms with E-state index in [9.17, 15) is 14.9 Å². The number of carbonyl (C=O) groups is 1. The third-order valence-electron chi connectivity index (χ3n) is 2.47. The number of rotatable bonds is 6. The zero-order valence-electron chi connectivity index (χ0n) is 10.9. The number of nitrogens with one attached hydrogen (secondary N) is 1. The molecular weight excluding hydrogens is 254 g/mol. The molecule has 0 saturated heterocycles. The smallest absolute Gasteiger partial charge is 0.291 e. The molecule has 1 N–H and O–H groups in total. The van der Waals surface area contributed by atoms with Gasteiger partial charge in [0.2, 0.25) is 0 Å². The van der Waals surface area contributed by atoms with Gasteiger partial charge in [0.1, 0.15) is 5.69 Å². The summed E-state index contributed by atoms with van der Waals surface area (Å²) in [6, 6.07) is 1.19. The molecule has 0 spiro atoms. The van der Waals surface area contributed by atoms with Crippen LogP contribution in [0.4, 0.5) is 5.69 Å². The Hall–Kier alpha value is -2.06. The van der Waals surface area contributed by atoms with E-state index in [4.69, 9.17) is 9.47 Å². The van der Waals surface area contributed by atoms with Gasteiger partial charge in [0.05, 0.1) is 17.0 Å². The number of hydrogen-bond donors (Lipinski definition) is 1. The average molecular weight is 269 g/mol. The van der Waals surface area contributed by atoms with Crippen molar-refractivity contribution in [2.24, 2.45) is 0 Å². The lowest BCUT2D eigenvalue weighted by molar-refractivity contribution is -0.385. The zero-order valence-corrected chi connectivity index (χ0v) is 10.9. The standard InChI is InChI=1S/C11H15N3O5/c1-7-9(14(16)17)4-8(5-12-7)11(15)13-6-10(18-2)19-3/h4-5,10H,6H2,1-3H3,(H,13,15). The molecule has 0 radical (unpaired) electrons. The van der Waals surface area contributed by atoms with Gasteiger partial charge >= 0.3 is 0 Å². The topological polar surface area (TPSA) is 104 Å². The van der Waals surface area contributed by atoms with Crippen LogP contribution in [0.1, 0.15) is 16.1 Å². The molecule has 0 aliphatic carbocycles. The summed E-state index contributed by atoms with van der Waals surface area (Å²) in [6.07, 6.45) is 0.712. The van der Waals surface area contributed by atoms with Gasteiger partial charge in [-0.25, -0.2) is 0 Å². The molecule has 0 saturated carbocycles. The molecule has 8 heteroatoms. The number of hydrogen-bond acceptors (Lipinski definition) is 6. The summed E-state index contributed by atoms with van der Waals surface area (Å²) >= 11 is 0. The van der Waals surface area contributed by atoms with Gasteiger partial charge in [-0.3, -0.25) is 19.9 Å². The lowest BCUT2D eigenvalue weighted by Crippen LogP contribution is -2.34. The van der Waals surface area contributed by atoms with Gasteiger partial charge < -0.3 is 14.8 Å². The number of ether oxygens (including phenoxy) is 2. The molecule has 1 aromatic heterocycles. The van der Waals surface area contributed by atoms with E-state index < -0.39 is 17.1 Å². The van der Waals surface area contributed by atoms with Crippen molar-refractivity contribution in [3.05, 3.63) is 33.6 Å². The molecule has 1 aromatic rings. The fraction of sp³-hybridized carbons (Fsp3) is 0.455. The summed E-state index contributed by atoms with van der Waals surface area (Å²) in [4.78, 5) is 25.8. The molecule has 0 atom stereocenters. The maximum Gasteiger partial charge on any atom is 0.291 e. The summed E-state index contributed by atoms with van der Waals surface area (Å²) in [5, 5.41) is 13.3. The van der Waals surface area contributed by atoms with Crippen molar-refractivity contribution in [1.29, 1.82) is 0 Å². The molecule has 0 aromatic carbocycles. The largest absolute Gasteiger partial charge is 0.354 e. The highest BCUT2D eigenvalue weighted by Crippen LogP contribution is 2.16. The highest BCUT2D eigenvalue weighted by Gasteiger charge is 2.17. The molecule has 0 bridgehead atoms. The summed E-state index contributed by atoms with van der Waals surface area (Å²) in [6.45, 7) is 1.64. The summed E-state index contributed by atoms with van der Waals surface area (Å²) in [5.74, 6) is -0.477. The molecule has 0 unspecified atom stereocenters. The fourth-order valence-corrected chi connectivity index (χ4v) is 1.37. The van der Waals surface area contributed by atoms with Gasteiger partial charge in [0.15, 0.2) is 6.29 Å². The van der Waals surface area contributed by atoms with Gasteiger partial charge in [0, 0.05) is 26.5 Å². The molecule has 0 aliphatic heterocycles. The molecule has 19 heavy (non-hydrogen) atoms. The zero-order chi connectivity index (χ0) is 14.4. The lowest BCUT2D eigenvalue weighted by atomic mass is 10.2. The Kier molecular flexibility index (Phi) is 5.34. The molecule has 1 heterocycles. The minimum absolute atomic E-state index is 0.114. The number of carbonyl (C=O) groups excluding carboxylic acids is 1. The van der Waals surface area contributed by atoms with Crippen LogP contribution in [0.5, 0.6) is 0 Å². The molecule has 1 rings (SSSR count). The number of nitrogens with zero attached hydrogens (tertiary/aromatic N) is 2. The first-order valence-corrected chi connectivity index (χ1v) is 5.44. The second-order valence-corrected chi connectivity index (χ2v) is 3.70. The molecule has 104 valence electrons. The predicted octanol–water partition coefficient (Wildman–Crippen LogP) is 0.647. The van der Waals surface area contributed by atoms with E-state index in [1.165, 1.54) is 33.4 Å². The van der Waals surface area contributed by atoms with Crippen LogP contribution in [0.2, 0.25) is 0 Å². The van der Waals surface area contributed by atoms with E-state index in [1.807, 2.05) is 0 Å². The number of aryl methyl sites for hydroxylation is 1. The van der Waals surface area contributed by atoms with Crippen LogP contribution in [-0.4, -0.2) is 42.9 Å². The quantitative estimate of drug-likeness (QED) is 0.462. The monoisotopic (exact) mass is 269 g/mol. The van der Waals surface area contributed by atoms with Crippen LogP contribution in [0.25, 0.3) is 0 Å². The molecule has 0 aliphatic rings. The first-order valence-electron chi connectivity index (χ1n) is 5.44. The Morgan fingerprint density at radius 3 is 2.68 bits per heavy atom. The number of nitro groups is 1. The van der Waals surface area contributed by atoms with Gasteiger partial charge in [0.25, 0.3) is 11.6 Å². The van der Waals surface area contributed by atoms with Gasteiger partial charge in [-0.15, -0.1) is 0 Å². The van der Waals surface area contributed by atoms with Crippen molar-refractivity contribution in [1.82, 2.24) is 10.3 Å². The van der Waals surface area contributed by atoms with E-state index in [0.29, 0.717) is 0 Å². The minimum atomic E-state index is -0.577. The maximum atomic E-state index is 11.8. The first-order chi connectivity index (χ1) is 8.99. The SMILES string of the molecule is COC(CNC(=O)c1cnc(C)c([N+](=O)[O-])c1)OC. The Bertz CT molecular complexity index is 473. The highest BCUT2D eigenvalue weighted by atomic mass is 16.7. The summed E-state index contributed by atoms with van der Waals surface area (Å²) in [5.41, 5.74) is 0.180. The number of methoxy groups -OCH3 is 2. The third kappa shape index (κ3) is 3.97. The fourth-order valence-electron chi connectivity index (χ4n) is 1.37. The van der Waals surface area contributed by atoms with Crippen molar-refractivity contribution >= 4 is 11.6 Å². The van der Waals surface area contributed by atoms with Crippen LogP contribution in [0, 0.1) is 17.0 Å². The van der Waals surface area contributed by atoms with Gasteiger partial charge in [-0.05, 0) is 6.92 Å². The molecule has 0 fully saturated rings. The summed E-state index contributed by atoms with van der Waals surface area (Å²) in [7, 11) is 2.89. The van der Waals surface area contributed by atoms with E-state index in [1.54, 1.807) is 0 Å². The predicted molar refractivity (Wildman–Crippen MR) is 65.8 cm³/mol. The lowest BCUT2D eigenvalue weighted by Gasteiger charge is -2.13. The Morgan fingerprint density at radius 1 is 1.53 bits per heavy atom. The number of pyridine rings is 1. The van der Waals surface area contributed by atoms with Crippen LogP contribution >= 0.6 is 0 Å². The van der Waals surface area contributed by atoms with Crippen LogP contribution in [-0.2, 0) is 9.47 Å². The Balaban J connectivity index is 2.77. The van der Waals surface area contributed by atoms with E-state index in [0.717, 1.165) is 0 Å². The Labute approximate surface area is 109 Å². The minimum Gasteiger partial charge on any atom is -0.354 e. The van der Waals surface area contributed by atoms with Gasteiger partial charge in [-0.2, -0.15) is 0 Å². The summed E-state index contributed by atoms with van der Waals surface area (Å²) < 4.78 is 9.81. The van der Waals surface area contributed by atoms with Crippen LogP contribution < -0.4 is 5.32 Å². The van der Waals surface area contributed by atoms with Gasteiger partial charge in [-0.1, -0.05) is 0 Å². The second kappa shape index (κ2) is 6.76. The van der Waals surface area contributed by atoms with E-state index in [-0.39, 0.29) is 23.5 Å². The van der Waals surface area contributed by atoms with Crippen molar-refractivity contribution in [3.63, 3.8) is 0 Å². The number of aromatic nitrogens is 1. The van der Waals surface area contributed by atoms with Crippen molar-refractivity contribution in [2.75, 3.05) is 20.8 Å². The third-order valence-corrected chi connectivity index (χ3v) is 2.47. The molecule has 1 amide bonds. The van der Waals surface area contributed by atoms with Crippen molar-refractivity contribution < 1.29 is 19.2 Å². The van der Waals surface area contributed by atoms with Crippen LogP contribution in [0.3, 0.4) is 0 Å². The molecular formula is C11H15N3O5. The Morgan fingerprint density at radius 2 is 2.16 bits per heavy atom.